The summed E-state index contributed by atoms with van der Waals surface area (Å²) in [4.78, 5) is 53.2. The van der Waals surface area contributed by atoms with Gasteiger partial charge in [-0.1, -0.05) is 36.8 Å². The maximum atomic E-state index is 14.1. The standard InChI is InChI=1S/C31H39N3O7/c1-8-34(27(26-20(3)11-10-12-21(26)4)28(37)32-18-17-25(36)40-9-2)29(38)24(33-30(39)41-31(5,6)7)19-22-13-15-23(35)16-14-22/h1,10-16,24,27,35H,9,17-19H2,2-7H3,(H,32,37)(H,33,39). The van der Waals surface area contributed by atoms with Gasteiger partial charge >= 0.3 is 12.1 Å². The van der Waals surface area contributed by atoms with E-state index in [9.17, 15) is 24.3 Å². The molecule has 0 aromatic heterocycles. The van der Waals surface area contributed by atoms with Crippen LogP contribution < -0.4 is 10.6 Å². The van der Waals surface area contributed by atoms with Gasteiger partial charge in [-0.3, -0.25) is 19.3 Å². The van der Waals surface area contributed by atoms with E-state index >= 15 is 0 Å². The van der Waals surface area contributed by atoms with Crippen LogP contribution in [0.2, 0.25) is 0 Å². The second-order valence-corrected chi connectivity index (χ2v) is 10.5. The first-order valence-corrected chi connectivity index (χ1v) is 13.3. The van der Waals surface area contributed by atoms with Crippen LogP contribution in [0, 0.1) is 26.3 Å². The third-order valence-corrected chi connectivity index (χ3v) is 6.00. The molecule has 0 aliphatic carbocycles. The Morgan fingerprint density at radius 1 is 1.05 bits per heavy atom. The van der Waals surface area contributed by atoms with Crippen LogP contribution in [0.4, 0.5) is 4.79 Å². The third-order valence-electron chi connectivity index (χ3n) is 6.00. The van der Waals surface area contributed by atoms with Gasteiger partial charge in [0, 0.05) is 19.0 Å². The van der Waals surface area contributed by atoms with E-state index in [4.69, 9.17) is 15.9 Å². The van der Waals surface area contributed by atoms with Crippen molar-refractivity contribution < 1.29 is 33.8 Å². The third kappa shape index (κ3) is 9.87. The number of carbonyl (C=O) groups is 4. The van der Waals surface area contributed by atoms with Crippen LogP contribution in [0.15, 0.2) is 42.5 Å². The molecule has 0 heterocycles. The zero-order valence-electron chi connectivity index (χ0n) is 24.4. The van der Waals surface area contributed by atoms with Gasteiger partial charge in [0.1, 0.15) is 23.4 Å². The lowest BCUT2D eigenvalue weighted by Gasteiger charge is -2.32. The molecule has 3 amide bonds. The summed E-state index contributed by atoms with van der Waals surface area (Å²) in [6, 6.07) is 11.4. The van der Waals surface area contributed by atoms with E-state index in [2.05, 4.69) is 16.7 Å². The average Bonchev–Trinajstić information content (AvgIpc) is 2.87. The van der Waals surface area contributed by atoms with Crippen molar-refractivity contribution in [3.05, 3.63) is 64.7 Å². The molecule has 10 heteroatoms. The molecule has 10 nitrogen and oxygen atoms in total. The number of hydrogen-bond donors (Lipinski definition) is 3. The van der Waals surface area contributed by atoms with E-state index in [0.717, 1.165) is 16.0 Å². The number of aromatic hydroxyl groups is 1. The van der Waals surface area contributed by atoms with Gasteiger partial charge in [0.05, 0.1) is 13.0 Å². The number of nitrogens with zero attached hydrogens (tertiary/aromatic N) is 1. The molecular formula is C31H39N3O7. The molecule has 0 radical (unpaired) electrons. The number of rotatable bonds is 11. The average molecular weight is 566 g/mol. The molecule has 3 N–H and O–H groups in total. The van der Waals surface area contributed by atoms with Gasteiger partial charge in [0.2, 0.25) is 5.91 Å². The monoisotopic (exact) mass is 565 g/mol. The Morgan fingerprint density at radius 3 is 2.20 bits per heavy atom. The zero-order valence-corrected chi connectivity index (χ0v) is 24.4. The molecule has 220 valence electrons. The lowest BCUT2D eigenvalue weighted by atomic mass is 9.93. The molecule has 0 aliphatic rings. The van der Waals surface area contributed by atoms with Crippen LogP contribution in [0.25, 0.3) is 0 Å². The number of alkyl carbamates (subject to hydrolysis) is 1. The number of phenolic OH excluding ortho intramolecular Hbond substituents is 1. The van der Waals surface area contributed by atoms with Crippen LogP contribution in [-0.4, -0.2) is 58.7 Å². The Kier molecular flexibility index (Phi) is 11.8. The summed E-state index contributed by atoms with van der Waals surface area (Å²) in [5.74, 6) is -1.76. The molecular weight excluding hydrogens is 526 g/mol. The van der Waals surface area contributed by atoms with Crippen LogP contribution in [0.5, 0.6) is 5.75 Å². The number of amides is 3. The second-order valence-electron chi connectivity index (χ2n) is 10.5. The summed E-state index contributed by atoms with van der Waals surface area (Å²) in [6.07, 6.45) is 4.97. The summed E-state index contributed by atoms with van der Waals surface area (Å²) in [5, 5.41) is 15.0. The van der Waals surface area contributed by atoms with Gasteiger partial charge in [-0.05, 0) is 75.9 Å². The molecule has 0 fully saturated rings. The van der Waals surface area contributed by atoms with E-state index in [0.29, 0.717) is 11.1 Å². The molecule has 0 saturated carbocycles. The minimum atomic E-state index is -1.27. The van der Waals surface area contributed by atoms with E-state index in [-0.39, 0.29) is 31.7 Å². The number of terminal acetylenes is 1. The first kappa shape index (κ1) is 32.7. The van der Waals surface area contributed by atoms with E-state index < -0.39 is 41.6 Å². The number of phenols is 1. The van der Waals surface area contributed by atoms with Crippen LogP contribution in [0.3, 0.4) is 0 Å². The lowest BCUT2D eigenvalue weighted by Crippen LogP contribution is -2.52. The van der Waals surface area contributed by atoms with Crippen LogP contribution >= 0.6 is 0 Å². The number of benzene rings is 2. The fourth-order valence-electron chi connectivity index (χ4n) is 4.20. The Bertz CT molecular complexity index is 1260. The minimum Gasteiger partial charge on any atom is -0.508 e. The highest BCUT2D eigenvalue weighted by atomic mass is 16.6. The second kappa shape index (κ2) is 14.7. The smallest absolute Gasteiger partial charge is 0.408 e. The van der Waals surface area contributed by atoms with Crippen molar-refractivity contribution >= 4 is 23.9 Å². The number of aryl methyl sites for hydroxylation is 2. The Balaban J connectivity index is 2.49. The number of nitrogens with one attached hydrogen (secondary N) is 2. The fraction of sp³-hybridized carbons (Fsp3) is 0.419. The lowest BCUT2D eigenvalue weighted by molar-refractivity contribution is -0.143. The van der Waals surface area contributed by atoms with Crippen molar-refractivity contribution in [2.24, 2.45) is 0 Å². The Morgan fingerprint density at radius 2 is 1.66 bits per heavy atom. The van der Waals surface area contributed by atoms with E-state index in [1.165, 1.54) is 12.1 Å². The van der Waals surface area contributed by atoms with Crippen molar-refractivity contribution in [1.82, 2.24) is 15.5 Å². The van der Waals surface area contributed by atoms with Gasteiger partial charge in [0.25, 0.3) is 5.91 Å². The first-order chi connectivity index (χ1) is 19.3. The predicted molar refractivity (Wildman–Crippen MR) is 154 cm³/mol. The largest absolute Gasteiger partial charge is 0.508 e. The quantitative estimate of drug-likeness (QED) is 0.215. The summed E-state index contributed by atoms with van der Waals surface area (Å²) < 4.78 is 10.3. The highest BCUT2D eigenvalue weighted by Gasteiger charge is 2.37. The first-order valence-electron chi connectivity index (χ1n) is 13.3. The van der Waals surface area contributed by atoms with Crippen molar-refractivity contribution in [2.75, 3.05) is 13.2 Å². The SMILES string of the molecule is C#CN(C(=O)C(Cc1ccc(O)cc1)NC(=O)OC(C)(C)C)C(C(=O)NCCC(=O)OCC)c1c(C)cccc1C. The minimum absolute atomic E-state index is 0.000484. The maximum absolute atomic E-state index is 14.1. The molecule has 2 aromatic carbocycles. The van der Waals surface area contributed by atoms with Crippen molar-refractivity contribution in [2.45, 2.75) is 72.1 Å². The molecule has 0 aliphatic heterocycles. The van der Waals surface area contributed by atoms with Crippen molar-refractivity contribution in [1.29, 1.82) is 0 Å². The van der Waals surface area contributed by atoms with Gasteiger partial charge in [-0.15, -0.1) is 0 Å². The van der Waals surface area contributed by atoms with E-state index in [1.807, 2.05) is 6.07 Å². The zero-order chi connectivity index (χ0) is 30.7. The topological polar surface area (TPSA) is 134 Å². The highest BCUT2D eigenvalue weighted by molar-refractivity contribution is 5.94. The van der Waals surface area contributed by atoms with Crippen molar-refractivity contribution in [3.8, 4) is 18.2 Å². The predicted octanol–water partition coefficient (Wildman–Crippen LogP) is 3.67. The summed E-state index contributed by atoms with van der Waals surface area (Å²) >= 11 is 0. The van der Waals surface area contributed by atoms with Gasteiger partial charge in [-0.25, -0.2) is 4.79 Å². The molecule has 2 atom stereocenters. The summed E-state index contributed by atoms with van der Waals surface area (Å²) in [7, 11) is 0. The van der Waals surface area contributed by atoms with Gasteiger partial charge in [0.15, 0.2) is 0 Å². The number of hydrogen-bond acceptors (Lipinski definition) is 7. The Labute approximate surface area is 241 Å². The maximum Gasteiger partial charge on any atom is 0.408 e. The summed E-state index contributed by atoms with van der Waals surface area (Å²) in [6.45, 7) is 10.5. The van der Waals surface area contributed by atoms with Gasteiger partial charge in [-0.2, -0.15) is 0 Å². The molecule has 2 unspecified atom stereocenters. The molecule has 0 saturated heterocycles. The van der Waals surface area contributed by atoms with Crippen molar-refractivity contribution in [3.63, 3.8) is 0 Å². The number of ether oxygens (including phenoxy) is 2. The molecule has 41 heavy (non-hydrogen) atoms. The molecule has 0 spiro atoms. The van der Waals surface area contributed by atoms with Crippen LogP contribution in [0.1, 0.15) is 62.4 Å². The Hall–Kier alpha value is -4.52. The van der Waals surface area contributed by atoms with Gasteiger partial charge < -0.3 is 25.2 Å². The number of esters is 1. The van der Waals surface area contributed by atoms with Crippen LogP contribution in [-0.2, 0) is 30.3 Å². The fourth-order valence-corrected chi connectivity index (χ4v) is 4.20. The highest BCUT2D eigenvalue weighted by Crippen LogP contribution is 2.28. The molecule has 2 rings (SSSR count). The summed E-state index contributed by atoms with van der Waals surface area (Å²) in [5.41, 5.74) is 1.75. The number of carbonyl (C=O) groups excluding carboxylic acids is 4. The molecule has 2 aromatic rings. The molecule has 0 bridgehead atoms. The normalized spacial score (nSPS) is 12.3. The van der Waals surface area contributed by atoms with E-state index in [1.54, 1.807) is 65.8 Å².